The highest BCUT2D eigenvalue weighted by Crippen LogP contribution is 2.47. The van der Waals surface area contributed by atoms with E-state index in [0.29, 0.717) is 30.1 Å². The number of urea groups is 1. The van der Waals surface area contributed by atoms with Crippen LogP contribution in [0.4, 0.5) is 10.5 Å². The van der Waals surface area contributed by atoms with Crippen LogP contribution in [0.15, 0.2) is 24.3 Å². The number of benzene rings is 1. The summed E-state index contributed by atoms with van der Waals surface area (Å²) in [7, 11) is -1.98. The van der Waals surface area contributed by atoms with E-state index in [2.05, 4.69) is 5.32 Å². The fourth-order valence-corrected chi connectivity index (χ4v) is 3.63. The predicted molar refractivity (Wildman–Crippen MR) is 100 cm³/mol. The molecule has 4 N–H and O–H groups in total. The van der Waals surface area contributed by atoms with E-state index in [4.69, 9.17) is 11.6 Å². The molecule has 0 aromatic heterocycles. The van der Waals surface area contributed by atoms with Crippen molar-refractivity contribution >= 4 is 36.4 Å². The van der Waals surface area contributed by atoms with Crippen LogP contribution >= 0.6 is 11.6 Å². The highest BCUT2D eigenvalue weighted by molar-refractivity contribution is 6.51. The number of carboxylic acids is 1. The van der Waals surface area contributed by atoms with Crippen LogP contribution in [0.5, 0.6) is 0 Å². The van der Waals surface area contributed by atoms with Crippen LogP contribution in [0.25, 0.3) is 0 Å². The third-order valence-corrected chi connectivity index (χ3v) is 5.35. The Kier molecular flexibility index (Phi) is 6.91. The molecule has 2 amide bonds. The molecule has 7 nitrogen and oxygen atoms in total. The molecule has 0 spiro atoms. The second-order valence-electron chi connectivity index (χ2n) is 6.69. The SMILES string of the molecule is CCCCC(B(O)O)(C(=O)O)[C@@H]1CCN(C(=O)Nc2ccc(Cl)cc2)C1. The number of amides is 2. The summed E-state index contributed by atoms with van der Waals surface area (Å²) in [6.07, 6.45) is 1.88. The summed E-state index contributed by atoms with van der Waals surface area (Å²) in [5.41, 5.74) is 0.584. The first-order valence-electron chi connectivity index (χ1n) is 8.72. The molecule has 2 atom stereocenters. The zero-order chi connectivity index (χ0) is 19.3. The lowest BCUT2D eigenvalue weighted by Gasteiger charge is -2.34. The van der Waals surface area contributed by atoms with Crippen molar-refractivity contribution in [3.8, 4) is 0 Å². The van der Waals surface area contributed by atoms with Crippen LogP contribution < -0.4 is 5.32 Å². The van der Waals surface area contributed by atoms with Crippen molar-refractivity contribution in [2.24, 2.45) is 5.92 Å². The first-order chi connectivity index (χ1) is 12.3. The number of nitrogens with zero attached hydrogens (tertiary/aromatic N) is 1. The molecule has 0 radical (unpaired) electrons. The Bertz CT molecular complexity index is 643. The summed E-state index contributed by atoms with van der Waals surface area (Å²) in [6, 6.07) is 6.32. The smallest absolute Gasteiger partial charge is 0.470 e. The highest BCUT2D eigenvalue weighted by Gasteiger charge is 2.56. The summed E-state index contributed by atoms with van der Waals surface area (Å²) in [4.78, 5) is 25.8. The van der Waals surface area contributed by atoms with Gasteiger partial charge < -0.3 is 25.4 Å². The maximum atomic E-state index is 12.4. The molecular weight excluding hydrogens is 358 g/mol. The van der Waals surface area contributed by atoms with Crippen LogP contribution in [0.2, 0.25) is 10.3 Å². The van der Waals surface area contributed by atoms with Gasteiger partial charge in [0.1, 0.15) is 5.31 Å². The van der Waals surface area contributed by atoms with Crippen molar-refractivity contribution in [2.75, 3.05) is 18.4 Å². The first kappa shape index (κ1) is 20.5. The molecule has 1 aromatic carbocycles. The molecule has 1 aliphatic rings. The normalized spacial score (nSPS) is 19.1. The average Bonchev–Trinajstić information content (AvgIpc) is 3.07. The van der Waals surface area contributed by atoms with Gasteiger partial charge in [-0.25, -0.2) is 4.79 Å². The first-order valence-corrected chi connectivity index (χ1v) is 9.10. The van der Waals surface area contributed by atoms with Gasteiger partial charge in [-0.15, -0.1) is 0 Å². The fraction of sp³-hybridized carbons (Fsp3) is 0.529. The standard InChI is InChI=1S/C17H24BClN2O5/c1-2-3-9-17(15(22)23,18(25)26)12-8-10-21(11-12)16(24)20-14-6-4-13(19)5-7-14/h4-7,12,25-26H,2-3,8-11H2,1H3,(H,20,24)(H,22,23)/t12-,17?/m1/s1. The minimum absolute atomic E-state index is 0.160. The van der Waals surface area contributed by atoms with Crippen LogP contribution in [0, 0.1) is 5.92 Å². The van der Waals surface area contributed by atoms with E-state index >= 15 is 0 Å². The Morgan fingerprint density at radius 2 is 2.00 bits per heavy atom. The van der Waals surface area contributed by atoms with Gasteiger partial charge in [0.05, 0.1) is 0 Å². The molecule has 1 fully saturated rings. The van der Waals surface area contributed by atoms with Gasteiger partial charge in [0.15, 0.2) is 0 Å². The van der Waals surface area contributed by atoms with Crippen molar-refractivity contribution in [3.63, 3.8) is 0 Å². The van der Waals surface area contributed by atoms with Crippen LogP contribution in [-0.2, 0) is 4.79 Å². The number of halogens is 1. The van der Waals surface area contributed by atoms with Crippen molar-refractivity contribution < 1.29 is 24.7 Å². The van der Waals surface area contributed by atoms with E-state index < -0.39 is 24.3 Å². The summed E-state index contributed by atoms with van der Waals surface area (Å²) >= 11 is 5.82. The van der Waals surface area contributed by atoms with E-state index in [-0.39, 0.29) is 19.0 Å². The molecule has 0 bridgehead atoms. The van der Waals surface area contributed by atoms with Gasteiger partial charge >= 0.3 is 19.1 Å². The topological polar surface area (TPSA) is 110 Å². The molecule has 142 valence electrons. The molecule has 0 saturated carbocycles. The number of carbonyl (C=O) groups excluding carboxylic acids is 1. The fourth-order valence-electron chi connectivity index (χ4n) is 3.51. The van der Waals surface area contributed by atoms with Crippen LogP contribution in [0.1, 0.15) is 32.6 Å². The molecule has 0 aliphatic carbocycles. The number of hydrogen-bond acceptors (Lipinski definition) is 4. The van der Waals surface area contributed by atoms with Gasteiger partial charge in [-0.3, -0.25) is 4.79 Å². The summed E-state index contributed by atoms with van der Waals surface area (Å²) in [5.74, 6) is -1.76. The number of rotatable bonds is 7. The summed E-state index contributed by atoms with van der Waals surface area (Å²) < 4.78 is 0. The highest BCUT2D eigenvalue weighted by atomic mass is 35.5. The molecule has 1 unspecified atom stereocenters. The number of carboxylic acid groups (broad SMARTS) is 1. The van der Waals surface area contributed by atoms with Crippen molar-refractivity contribution in [2.45, 2.75) is 37.9 Å². The number of carbonyl (C=O) groups is 2. The number of anilines is 1. The minimum Gasteiger partial charge on any atom is -0.481 e. The number of hydrogen-bond donors (Lipinski definition) is 4. The largest absolute Gasteiger partial charge is 0.481 e. The number of nitrogens with one attached hydrogen (secondary N) is 1. The zero-order valence-electron chi connectivity index (χ0n) is 14.7. The third-order valence-electron chi connectivity index (χ3n) is 5.10. The summed E-state index contributed by atoms with van der Waals surface area (Å²) in [5, 5.41) is 31.1. The maximum Gasteiger partial charge on any atom is 0.470 e. The van der Waals surface area contributed by atoms with Crippen molar-refractivity contribution in [1.29, 1.82) is 0 Å². The van der Waals surface area contributed by atoms with E-state index in [0.717, 1.165) is 6.42 Å². The Hall–Kier alpha value is -1.77. The van der Waals surface area contributed by atoms with Gasteiger partial charge in [0.25, 0.3) is 0 Å². The summed E-state index contributed by atoms with van der Waals surface area (Å²) in [6.45, 7) is 2.43. The van der Waals surface area contributed by atoms with Gasteiger partial charge in [-0.1, -0.05) is 31.4 Å². The predicted octanol–water partition coefficient (Wildman–Crippen LogP) is 2.68. The quantitative estimate of drug-likeness (QED) is 0.542. The van der Waals surface area contributed by atoms with Crippen LogP contribution in [0.3, 0.4) is 0 Å². The Morgan fingerprint density at radius 1 is 1.35 bits per heavy atom. The number of unbranched alkanes of at least 4 members (excludes halogenated alkanes) is 1. The van der Waals surface area contributed by atoms with E-state index in [1.807, 2.05) is 6.92 Å². The lowest BCUT2D eigenvalue weighted by atomic mass is 9.49. The maximum absolute atomic E-state index is 12.4. The Balaban J connectivity index is 2.09. The lowest BCUT2D eigenvalue weighted by Crippen LogP contribution is -2.46. The third kappa shape index (κ3) is 4.31. The van der Waals surface area contributed by atoms with E-state index in [1.165, 1.54) is 4.90 Å². The Labute approximate surface area is 158 Å². The van der Waals surface area contributed by atoms with Crippen LogP contribution in [-0.4, -0.2) is 52.3 Å². The molecule has 1 aromatic rings. The van der Waals surface area contributed by atoms with E-state index in [1.54, 1.807) is 24.3 Å². The molecule has 1 aliphatic heterocycles. The second-order valence-corrected chi connectivity index (χ2v) is 7.13. The average molecular weight is 383 g/mol. The molecule has 26 heavy (non-hydrogen) atoms. The zero-order valence-corrected chi connectivity index (χ0v) is 15.4. The molecule has 1 saturated heterocycles. The number of likely N-dealkylation sites (tertiary alicyclic amines) is 1. The molecule has 2 rings (SSSR count). The molecular formula is C17H24BClN2O5. The monoisotopic (exact) mass is 382 g/mol. The Morgan fingerprint density at radius 3 is 2.54 bits per heavy atom. The second kappa shape index (κ2) is 8.75. The van der Waals surface area contributed by atoms with Gasteiger partial charge in [-0.2, -0.15) is 0 Å². The number of aliphatic carboxylic acids is 1. The molecule has 1 heterocycles. The van der Waals surface area contributed by atoms with Gasteiger partial charge in [0.2, 0.25) is 0 Å². The minimum atomic E-state index is -1.98. The van der Waals surface area contributed by atoms with Gasteiger partial charge in [0, 0.05) is 23.8 Å². The van der Waals surface area contributed by atoms with Crippen molar-refractivity contribution in [1.82, 2.24) is 4.90 Å². The molecule has 9 heteroatoms. The van der Waals surface area contributed by atoms with E-state index in [9.17, 15) is 24.7 Å². The lowest BCUT2D eigenvalue weighted by molar-refractivity contribution is -0.143. The van der Waals surface area contributed by atoms with Crippen molar-refractivity contribution in [3.05, 3.63) is 29.3 Å². The van der Waals surface area contributed by atoms with Gasteiger partial charge in [-0.05, 0) is 43.0 Å².